The van der Waals surface area contributed by atoms with E-state index in [0.717, 1.165) is 28.0 Å². The van der Waals surface area contributed by atoms with Crippen LogP contribution in [0.3, 0.4) is 0 Å². The maximum atomic E-state index is 12.3. The van der Waals surface area contributed by atoms with E-state index in [-0.39, 0.29) is 0 Å². The molecule has 3 N–H and O–H groups in total. The summed E-state index contributed by atoms with van der Waals surface area (Å²) in [5.74, 6) is 1.14. The van der Waals surface area contributed by atoms with Gasteiger partial charge in [0.1, 0.15) is 16.8 Å². The number of nitrogens with zero attached hydrogens (tertiary/aromatic N) is 3. The van der Waals surface area contributed by atoms with Crippen molar-refractivity contribution in [2.75, 3.05) is 24.7 Å². The van der Waals surface area contributed by atoms with Gasteiger partial charge in [-0.25, -0.2) is 13.5 Å². The van der Waals surface area contributed by atoms with Gasteiger partial charge in [-0.1, -0.05) is 6.07 Å². The Hall–Kier alpha value is -3.23. The van der Waals surface area contributed by atoms with Crippen molar-refractivity contribution in [3.8, 4) is 0 Å². The molecule has 0 amide bonds. The molecule has 4 aromatic rings. The Balaban J connectivity index is 1.52. The second kappa shape index (κ2) is 8.02. The van der Waals surface area contributed by atoms with Gasteiger partial charge in [0.25, 0.3) is 0 Å². The summed E-state index contributed by atoms with van der Waals surface area (Å²) in [6.45, 7) is 2.04. The average molecular weight is 407 g/mol. The van der Waals surface area contributed by atoms with E-state index < -0.39 is 11.0 Å². The number of anilines is 4. The number of fused-ring (bicyclic) bond motifs is 1. The van der Waals surface area contributed by atoms with Gasteiger partial charge in [-0.15, -0.1) is 0 Å². The largest absolute Gasteiger partial charge is 0.359 e. The van der Waals surface area contributed by atoms with Crippen LogP contribution in [0.2, 0.25) is 0 Å². The molecule has 4 rings (SSSR count). The van der Waals surface area contributed by atoms with Crippen LogP contribution in [0.15, 0.2) is 65.7 Å². The SMILES string of the molecule is Cc1cc2cc(Nc3ccnc(Nc4cccc(S(=O)N(C)C)c4)n3)ccc2[nH]1. The molecule has 148 valence electrons. The molecule has 0 saturated heterocycles. The van der Waals surface area contributed by atoms with E-state index >= 15 is 0 Å². The van der Waals surface area contributed by atoms with E-state index in [1.165, 1.54) is 0 Å². The van der Waals surface area contributed by atoms with Gasteiger partial charge in [0, 0.05) is 34.2 Å². The highest BCUT2D eigenvalue weighted by atomic mass is 32.2. The molecule has 1 atom stereocenters. The molecule has 0 fully saturated rings. The van der Waals surface area contributed by atoms with Crippen molar-refractivity contribution < 1.29 is 4.21 Å². The standard InChI is InChI=1S/C21H22N6OS/c1-14-11-15-12-17(7-8-19(15)23-14)24-20-9-10-22-21(26-20)25-16-5-4-6-18(13-16)29(28)27(2)3/h4-13,23H,1-3H3,(H2,22,24,25,26). The number of hydrogen-bond donors (Lipinski definition) is 3. The summed E-state index contributed by atoms with van der Waals surface area (Å²) in [6.07, 6.45) is 1.69. The fourth-order valence-electron chi connectivity index (χ4n) is 3.01. The lowest BCUT2D eigenvalue weighted by atomic mass is 10.2. The van der Waals surface area contributed by atoms with Crippen molar-refractivity contribution in [1.29, 1.82) is 0 Å². The average Bonchev–Trinajstić information content (AvgIpc) is 3.07. The Bertz CT molecular complexity index is 1190. The van der Waals surface area contributed by atoms with E-state index in [2.05, 4.69) is 37.7 Å². The molecule has 0 spiro atoms. The normalized spacial score (nSPS) is 12.3. The highest BCUT2D eigenvalue weighted by molar-refractivity contribution is 7.82. The first kappa shape index (κ1) is 19.1. The van der Waals surface area contributed by atoms with Crippen LogP contribution in [0.1, 0.15) is 5.69 Å². The van der Waals surface area contributed by atoms with Crippen molar-refractivity contribution >= 4 is 45.0 Å². The first-order chi connectivity index (χ1) is 14.0. The second-order valence-electron chi connectivity index (χ2n) is 6.86. The molecule has 2 heterocycles. The lowest BCUT2D eigenvalue weighted by Crippen LogP contribution is -2.15. The lowest BCUT2D eigenvalue weighted by molar-refractivity contribution is 0.603. The smallest absolute Gasteiger partial charge is 0.229 e. The predicted octanol–water partition coefficient (Wildman–Crippen LogP) is 4.34. The Labute approximate surface area is 171 Å². The van der Waals surface area contributed by atoms with Crippen molar-refractivity contribution in [3.63, 3.8) is 0 Å². The summed E-state index contributed by atoms with van der Waals surface area (Å²) in [7, 11) is 2.35. The van der Waals surface area contributed by atoms with Gasteiger partial charge in [-0.2, -0.15) is 4.98 Å². The summed E-state index contributed by atoms with van der Waals surface area (Å²) < 4.78 is 13.9. The number of hydrogen-bond acceptors (Lipinski definition) is 5. The monoisotopic (exact) mass is 406 g/mol. The molecular weight excluding hydrogens is 384 g/mol. The van der Waals surface area contributed by atoms with Gasteiger partial charge in [0.2, 0.25) is 5.95 Å². The summed E-state index contributed by atoms with van der Waals surface area (Å²) in [5.41, 5.74) is 3.96. The third-order valence-electron chi connectivity index (χ3n) is 4.31. The lowest BCUT2D eigenvalue weighted by Gasteiger charge is -2.11. The number of rotatable bonds is 6. The first-order valence-corrected chi connectivity index (χ1v) is 10.2. The molecule has 1 unspecified atom stereocenters. The van der Waals surface area contributed by atoms with Crippen LogP contribution in [0, 0.1) is 6.92 Å². The minimum atomic E-state index is -1.21. The summed E-state index contributed by atoms with van der Waals surface area (Å²) in [5, 5.41) is 7.64. The maximum Gasteiger partial charge on any atom is 0.229 e. The third kappa shape index (κ3) is 4.44. The Morgan fingerprint density at radius 3 is 2.66 bits per heavy atom. The highest BCUT2D eigenvalue weighted by Crippen LogP contribution is 2.23. The van der Waals surface area contributed by atoms with Crippen LogP contribution in [-0.2, 0) is 11.0 Å². The first-order valence-electron chi connectivity index (χ1n) is 9.14. The van der Waals surface area contributed by atoms with Gasteiger partial charge >= 0.3 is 0 Å². The van der Waals surface area contributed by atoms with E-state index in [9.17, 15) is 4.21 Å². The van der Waals surface area contributed by atoms with Crippen LogP contribution < -0.4 is 10.6 Å². The highest BCUT2D eigenvalue weighted by Gasteiger charge is 2.08. The zero-order valence-corrected chi connectivity index (χ0v) is 17.2. The summed E-state index contributed by atoms with van der Waals surface area (Å²) in [6, 6.07) is 17.5. The summed E-state index contributed by atoms with van der Waals surface area (Å²) in [4.78, 5) is 12.8. The Morgan fingerprint density at radius 2 is 1.83 bits per heavy atom. The van der Waals surface area contributed by atoms with Gasteiger partial charge in [-0.3, -0.25) is 0 Å². The Kier molecular flexibility index (Phi) is 5.28. The molecule has 2 aromatic heterocycles. The van der Waals surface area contributed by atoms with Crippen molar-refractivity contribution in [3.05, 3.63) is 66.5 Å². The van der Waals surface area contributed by atoms with Crippen LogP contribution >= 0.6 is 0 Å². The Morgan fingerprint density at radius 1 is 1.00 bits per heavy atom. The topological polar surface area (TPSA) is 85.9 Å². The molecule has 0 aliphatic heterocycles. The molecule has 0 saturated carbocycles. The number of aromatic nitrogens is 3. The van der Waals surface area contributed by atoms with E-state index in [1.54, 1.807) is 24.6 Å². The molecule has 0 radical (unpaired) electrons. The van der Waals surface area contributed by atoms with Crippen LogP contribution in [-0.4, -0.2) is 37.6 Å². The molecule has 7 nitrogen and oxygen atoms in total. The number of aryl methyl sites for hydroxylation is 1. The fourth-order valence-corrected chi connectivity index (χ4v) is 3.86. The predicted molar refractivity (Wildman–Crippen MR) is 118 cm³/mol. The minimum absolute atomic E-state index is 0.460. The van der Waals surface area contributed by atoms with Crippen LogP contribution in [0.5, 0.6) is 0 Å². The quantitative estimate of drug-likeness (QED) is 0.444. The second-order valence-corrected chi connectivity index (χ2v) is 8.56. The van der Waals surface area contributed by atoms with E-state index in [4.69, 9.17) is 0 Å². The van der Waals surface area contributed by atoms with Crippen molar-refractivity contribution in [2.24, 2.45) is 0 Å². The molecule has 0 aliphatic carbocycles. The third-order valence-corrected chi connectivity index (χ3v) is 5.63. The van der Waals surface area contributed by atoms with E-state index in [1.807, 2.05) is 49.4 Å². The van der Waals surface area contributed by atoms with Gasteiger partial charge in [0.15, 0.2) is 0 Å². The van der Waals surface area contributed by atoms with Gasteiger partial charge < -0.3 is 15.6 Å². The van der Waals surface area contributed by atoms with E-state index in [0.29, 0.717) is 16.7 Å². The number of H-pyrrole nitrogens is 1. The summed E-state index contributed by atoms with van der Waals surface area (Å²) >= 11 is 0. The van der Waals surface area contributed by atoms with Gasteiger partial charge in [0.05, 0.1) is 4.90 Å². The van der Waals surface area contributed by atoms with Crippen molar-refractivity contribution in [1.82, 2.24) is 19.3 Å². The zero-order valence-electron chi connectivity index (χ0n) is 16.4. The van der Waals surface area contributed by atoms with Crippen LogP contribution in [0.25, 0.3) is 10.9 Å². The minimum Gasteiger partial charge on any atom is -0.359 e. The maximum absolute atomic E-state index is 12.3. The number of nitrogens with one attached hydrogen (secondary N) is 3. The number of aromatic amines is 1. The molecule has 0 aliphatic rings. The molecule has 8 heteroatoms. The van der Waals surface area contributed by atoms with Crippen LogP contribution in [0.4, 0.5) is 23.1 Å². The molecule has 0 bridgehead atoms. The molecule has 29 heavy (non-hydrogen) atoms. The molecule has 2 aromatic carbocycles. The number of benzene rings is 2. The molecular formula is C21H22N6OS. The zero-order chi connectivity index (χ0) is 20.4. The van der Waals surface area contributed by atoms with Gasteiger partial charge in [-0.05, 0) is 69.6 Å². The fraction of sp³-hybridized carbons (Fsp3) is 0.143. The van der Waals surface area contributed by atoms with Crippen molar-refractivity contribution in [2.45, 2.75) is 11.8 Å².